The van der Waals surface area contributed by atoms with Gasteiger partial charge in [0.1, 0.15) is 0 Å². The van der Waals surface area contributed by atoms with Crippen LogP contribution in [0.25, 0.3) is 0 Å². The van der Waals surface area contributed by atoms with Crippen molar-refractivity contribution in [2.24, 2.45) is 0 Å². The summed E-state index contributed by atoms with van der Waals surface area (Å²) in [6.45, 7) is 0.105. The van der Waals surface area contributed by atoms with Gasteiger partial charge < -0.3 is 14.4 Å². The quantitative estimate of drug-likeness (QED) is 0.750. The Morgan fingerprint density at radius 1 is 1.38 bits per heavy atom. The number of ether oxygens (including phenoxy) is 2. The maximum absolute atomic E-state index is 11.9. The molecule has 0 aliphatic carbocycles. The smallest absolute Gasteiger partial charge is 0.415 e. The lowest BCUT2D eigenvalue weighted by Crippen LogP contribution is -2.28. The number of carbonyl (C=O) groups is 3. The first-order valence-corrected chi connectivity index (χ1v) is 6.46. The Kier molecular flexibility index (Phi) is 3.04. The maximum atomic E-state index is 11.9. The summed E-state index contributed by atoms with van der Waals surface area (Å²) in [5.74, 6) is -0.569. The summed E-state index contributed by atoms with van der Waals surface area (Å²) in [5, 5.41) is 0. The fraction of sp³-hybridized carbons (Fsp3) is 0.357. The highest BCUT2D eigenvalue weighted by molar-refractivity contribution is 6.02. The van der Waals surface area contributed by atoms with Crippen molar-refractivity contribution in [3.8, 4) is 0 Å². The molecule has 2 heterocycles. The Morgan fingerprint density at radius 3 is 2.86 bits per heavy atom. The molecule has 0 aromatic heterocycles. The van der Waals surface area contributed by atoms with E-state index in [0.717, 1.165) is 11.3 Å². The number of rotatable bonds is 2. The molecule has 0 saturated carbocycles. The summed E-state index contributed by atoms with van der Waals surface area (Å²) >= 11 is 0. The van der Waals surface area contributed by atoms with Gasteiger partial charge in [-0.1, -0.05) is 0 Å². The second-order valence-corrected chi connectivity index (χ2v) is 4.95. The van der Waals surface area contributed by atoms with Gasteiger partial charge in [-0.15, -0.1) is 0 Å². The number of amides is 2. The maximum Gasteiger partial charge on any atom is 0.415 e. The average molecular weight is 290 g/mol. The number of carbonyl (C=O) groups excluding carboxylic acids is 3. The molecule has 1 unspecified atom stereocenters. The van der Waals surface area contributed by atoms with Crippen molar-refractivity contribution in [2.75, 3.05) is 30.5 Å². The SMILES string of the molecule is COC(=O)C1CN(c2ccc3c(c2)CC(=O)N3C)C(=O)O1. The number of likely N-dealkylation sites (N-methyl/N-ethyl adjacent to an activating group) is 1. The molecule has 7 nitrogen and oxygen atoms in total. The van der Waals surface area contributed by atoms with Crippen molar-refractivity contribution in [1.82, 2.24) is 0 Å². The summed E-state index contributed by atoms with van der Waals surface area (Å²) in [6.07, 6.45) is -1.20. The van der Waals surface area contributed by atoms with E-state index in [9.17, 15) is 14.4 Å². The van der Waals surface area contributed by atoms with Crippen LogP contribution in [0.4, 0.5) is 16.2 Å². The summed E-state index contributed by atoms with van der Waals surface area (Å²) in [6, 6.07) is 5.29. The fourth-order valence-electron chi connectivity index (χ4n) is 2.55. The summed E-state index contributed by atoms with van der Waals surface area (Å²) < 4.78 is 9.55. The molecule has 0 spiro atoms. The minimum atomic E-state index is -0.917. The Hall–Kier alpha value is -2.57. The highest BCUT2D eigenvalue weighted by Gasteiger charge is 2.38. The number of hydrogen-bond donors (Lipinski definition) is 0. The van der Waals surface area contributed by atoms with Gasteiger partial charge in [0, 0.05) is 18.4 Å². The third-order valence-corrected chi connectivity index (χ3v) is 3.73. The van der Waals surface area contributed by atoms with Crippen LogP contribution in [-0.2, 0) is 25.5 Å². The monoisotopic (exact) mass is 290 g/mol. The normalized spacial score (nSPS) is 20.6. The van der Waals surface area contributed by atoms with Crippen LogP contribution in [0.3, 0.4) is 0 Å². The molecule has 3 rings (SSSR count). The number of benzene rings is 1. The predicted molar refractivity (Wildman–Crippen MR) is 73.2 cm³/mol. The number of methoxy groups -OCH3 is 1. The number of anilines is 2. The zero-order chi connectivity index (χ0) is 15.1. The van der Waals surface area contributed by atoms with Crippen molar-refractivity contribution >= 4 is 29.3 Å². The summed E-state index contributed by atoms with van der Waals surface area (Å²) in [4.78, 5) is 37.9. The van der Waals surface area contributed by atoms with Gasteiger partial charge in [0.05, 0.1) is 20.1 Å². The van der Waals surface area contributed by atoms with E-state index in [4.69, 9.17) is 4.74 Å². The molecule has 7 heteroatoms. The Morgan fingerprint density at radius 2 is 2.14 bits per heavy atom. The molecule has 2 aliphatic rings. The lowest BCUT2D eigenvalue weighted by Gasteiger charge is -2.15. The van der Waals surface area contributed by atoms with Crippen molar-refractivity contribution in [3.63, 3.8) is 0 Å². The summed E-state index contributed by atoms with van der Waals surface area (Å²) in [7, 11) is 2.96. The molecule has 2 aliphatic heterocycles. The van der Waals surface area contributed by atoms with E-state index >= 15 is 0 Å². The van der Waals surface area contributed by atoms with Crippen molar-refractivity contribution in [3.05, 3.63) is 23.8 Å². The van der Waals surface area contributed by atoms with Crippen LogP contribution >= 0.6 is 0 Å². The van der Waals surface area contributed by atoms with Crippen LogP contribution in [0.2, 0.25) is 0 Å². The van der Waals surface area contributed by atoms with Crippen LogP contribution in [0.1, 0.15) is 5.56 Å². The Balaban J connectivity index is 1.86. The molecular formula is C14H14N2O5. The number of esters is 1. The van der Waals surface area contributed by atoms with E-state index in [1.54, 1.807) is 30.1 Å². The van der Waals surface area contributed by atoms with Crippen molar-refractivity contribution < 1.29 is 23.9 Å². The van der Waals surface area contributed by atoms with Gasteiger partial charge in [-0.3, -0.25) is 9.69 Å². The van der Waals surface area contributed by atoms with Crippen LogP contribution in [0.15, 0.2) is 18.2 Å². The van der Waals surface area contributed by atoms with Gasteiger partial charge in [0.2, 0.25) is 12.0 Å². The molecule has 1 aromatic rings. The molecule has 1 saturated heterocycles. The van der Waals surface area contributed by atoms with E-state index in [2.05, 4.69) is 4.74 Å². The van der Waals surface area contributed by atoms with Crippen LogP contribution in [-0.4, -0.2) is 44.8 Å². The number of cyclic esters (lactones) is 1. The number of hydrogen-bond acceptors (Lipinski definition) is 5. The molecule has 1 atom stereocenters. The Bertz CT molecular complexity index is 642. The van der Waals surface area contributed by atoms with Gasteiger partial charge in [-0.2, -0.15) is 0 Å². The van der Waals surface area contributed by atoms with E-state index in [1.165, 1.54) is 12.0 Å². The first-order valence-electron chi connectivity index (χ1n) is 6.46. The van der Waals surface area contributed by atoms with Crippen molar-refractivity contribution in [2.45, 2.75) is 12.5 Å². The second-order valence-electron chi connectivity index (χ2n) is 4.95. The van der Waals surface area contributed by atoms with Crippen LogP contribution in [0, 0.1) is 0 Å². The predicted octanol–water partition coefficient (Wildman–Crippen LogP) is 0.704. The van der Waals surface area contributed by atoms with Gasteiger partial charge in [0.15, 0.2) is 0 Å². The lowest BCUT2D eigenvalue weighted by atomic mass is 10.1. The third-order valence-electron chi connectivity index (χ3n) is 3.73. The van der Waals surface area contributed by atoms with E-state index in [1.807, 2.05) is 0 Å². The largest absolute Gasteiger partial charge is 0.466 e. The molecule has 0 N–H and O–H groups in total. The third kappa shape index (κ3) is 2.10. The zero-order valence-corrected chi connectivity index (χ0v) is 11.7. The molecule has 0 bridgehead atoms. The highest BCUT2D eigenvalue weighted by atomic mass is 16.6. The van der Waals surface area contributed by atoms with E-state index in [0.29, 0.717) is 12.1 Å². The van der Waals surface area contributed by atoms with Gasteiger partial charge in [-0.25, -0.2) is 9.59 Å². The Labute approximate surface area is 121 Å². The molecule has 1 aromatic carbocycles. The molecule has 21 heavy (non-hydrogen) atoms. The van der Waals surface area contributed by atoms with E-state index < -0.39 is 18.2 Å². The highest BCUT2D eigenvalue weighted by Crippen LogP contribution is 2.32. The zero-order valence-electron chi connectivity index (χ0n) is 11.7. The molecule has 0 radical (unpaired) electrons. The lowest BCUT2D eigenvalue weighted by molar-refractivity contribution is -0.148. The molecule has 2 amide bonds. The fourth-order valence-corrected chi connectivity index (χ4v) is 2.55. The minimum Gasteiger partial charge on any atom is -0.466 e. The number of nitrogens with zero attached hydrogens (tertiary/aromatic N) is 2. The average Bonchev–Trinajstić information content (AvgIpc) is 2.99. The second kappa shape index (κ2) is 4.76. The van der Waals surface area contributed by atoms with E-state index in [-0.39, 0.29) is 12.5 Å². The van der Waals surface area contributed by atoms with Gasteiger partial charge in [0.25, 0.3) is 0 Å². The van der Waals surface area contributed by atoms with Crippen LogP contribution in [0.5, 0.6) is 0 Å². The van der Waals surface area contributed by atoms with Gasteiger partial charge >= 0.3 is 12.1 Å². The van der Waals surface area contributed by atoms with Crippen LogP contribution < -0.4 is 9.80 Å². The van der Waals surface area contributed by atoms with Crippen molar-refractivity contribution in [1.29, 1.82) is 0 Å². The molecular weight excluding hydrogens is 276 g/mol. The summed E-state index contributed by atoms with van der Waals surface area (Å²) in [5.41, 5.74) is 2.29. The van der Waals surface area contributed by atoms with Gasteiger partial charge in [-0.05, 0) is 23.8 Å². The molecule has 1 fully saturated rings. The number of fused-ring (bicyclic) bond motifs is 1. The standard InChI is InChI=1S/C14H14N2O5/c1-15-10-4-3-9(5-8(10)6-12(15)17)16-7-11(13(18)20-2)21-14(16)19/h3-5,11H,6-7H2,1-2H3. The topological polar surface area (TPSA) is 76.2 Å². The molecule has 110 valence electrons. The first kappa shape index (κ1) is 13.4. The minimum absolute atomic E-state index is 0.0126. The first-order chi connectivity index (χ1) is 10.0.